The molecule has 1 heterocycles. The molecule has 1 aliphatic heterocycles. The Hall–Kier alpha value is -3.62. The average molecular weight is 485 g/mol. The van der Waals surface area contributed by atoms with Gasteiger partial charge in [-0.15, -0.1) is 0 Å². The number of ketones is 2. The quantitative estimate of drug-likeness (QED) is 0.429. The number of nitrogens with zero attached hydrogens (tertiary/aromatic N) is 1. The molecule has 1 aliphatic rings. The molecule has 0 aromatic heterocycles. The summed E-state index contributed by atoms with van der Waals surface area (Å²) < 4.78 is 18.4. The highest BCUT2D eigenvalue weighted by molar-refractivity contribution is 6.48. The van der Waals surface area contributed by atoms with Gasteiger partial charge in [0, 0.05) is 12.0 Å². The molecular formula is C26H29FN2O6. The molecule has 2 atom stereocenters. The fraction of sp³-hybridized carbons (Fsp3) is 0.423. The van der Waals surface area contributed by atoms with Crippen LogP contribution in [-0.4, -0.2) is 53.1 Å². The Kier molecular flexibility index (Phi) is 7.67. The van der Waals surface area contributed by atoms with Crippen molar-refractivity contribution in [3.05, 3.63) is 48.0 Å². The first kappa shape index (κ1) is 26.0. The van der Waals surface area contributed by atoms with Crippen molar-refractivity contribution in [1.29, 1.82) is 0 Å². The standard InChI is InChI=1S/C26H29FN2O6/c1-5-26(24(33)28-19(21(30)15-27)13-22(31)34-25(2,3)4)14-20(29-35-26)23(32)18-12-8-10-16-9-6-7-11-17(16)18/h6-12,19H,5,13-15H2,1-4H3,(H,28,33). The fourth-order valence-electron chi connectivity index (χ4n) is 3.83. The van der Waals surface area contributed by atoms with Crippen molar-refractivity contribution in [2.75, 3.05) is 6.67 Å². The maximum atomic E-state index is 13.2. The third-order valence-electron chi connectivity index (χ3n) is 5.68. The summed E-state index contributed by atoms with van der Waals surface area (Å²) in [6, 6.07) is 11.3. The molecule has 0 aliphatic carbocycles. The molecule has 0 radical (unpaired) electrons. The van der Waals surface area contributed by atoms with Gasteiger partial charge in [-0.25, -0.2) is 4.39 Å². The highest BCUT2D eigenvalue weighted by Crippen LogP contribution is 2.31. The Labute approximate surface area is 202 Å². The van der Waals surface area contributed by atoms with Gasteiger partial charge < -0.3 is 14.9 Å². The SMILES string of the molecule is CCC1(C(=O)NC(CC(=O)OC(C)(C)C)C(=O)CF)CC(C(=O)c2cccc3ccccc23)=NO1. The first-order chi connectivity index (χ1) is 16.5. The van der Waals surface area contributed by atoms with E-state index < -0.39 is 48.0 Å². The van der Waals surface area contributed by atoms with Crippen LogP contribution in [0.25, 0.3) is 10.8 Å². The van der Waals surface area contributed by atoms with Gasteiger partial charge >= 0.3 is 5.97 Å². The molecule has 2 unspecified atom stereocenters. The summed E-state index contributed by atoms with van der Waals surface area (Å²) in [7, 11) is 0. The number of nitrogens with one attached hydrogen (secondary N) is 1. The number of fused-ring (bicyclic) bond motifs is 1. The molecular weight excluding hydrogens is 455 g/mol. The lowest BCUT2D eigenvalue weighted by atomic mass is 9.89. The van der Waals surface area contributed by atoms with E-state index in [-0.39, 0.29) is 24.3 Å². The highest BCUT2D eigenvalue weighted by atomic mass is 19.1. The molecule has 0 saturated heterocycles. The molecule has 0 spiro atoms. The maximum Gasteiger partial charge on any atom is 0.308 e. The molecule has 35 heavy (non-hydrogen) atoms. The minimum absolute atomic E-state index is 0.0545. The van der Waals surface area contributed by atoms with Gasteiger partial charge in [-0.3, -0.25) is 19.2 Å². The highest BCUT2D eigenvalue weighted by Gasteiger charge is 2.48. The molecule has 8 nitrogen and oxygen atoms in total. The molecule has 3 rings (SSSR count). The number of alkyl halides is 1. The average Bonchev–Trinajstić information content (AvgIpc) is 3.27. The molecule has 9 heteroatoms. The minimum atomic E-state index is -1.57. The van der Waals surface area contributed by atoms with Crippen LogP contribution in [0.5, 0.6) is 0 Å². The van der Waals surface area contributed by atoms with Gasteiger partial charge in [-0.1, -0.05) is 54.5 Å². The molecule has 0 fully saturated rings. The molecule has 186 valence electrons. The summed E-state index contributed by atoms with van der Waals surface area (Å²) in [5.41, 5.74) is -1.90. The van der Waals surface area contributed by atoms with Gasteiger partial charge in [0.15, 0.2) is 5.78 Å². The van der Waals surface area contributed by atoms with Crippen LogP contribution in [-0.2, 0) is 24.0 Å². The summed E-state index contributed by atoms with van der Waals surface area (Å²) in [4.78, 5) is 56.2. The number of esters is 1. The zero-order chi connectivity index (χ0) is 25.8. The van der Waals surface area contributed by atoms with Crippen LogP contribution in [0.4, 0.5) is 4.39 Å². The number of Topliss-reactive ketones (excluding diaryl/α,β-unsaturated/α-hetero) is 2. The smallest absolute Gasteiger partial charge is 0.308 e. The second-order valence-electron chi connectivity index (χ2n) is 9.43. The number of oxime groups is 1. The lowest BCUT2D eigenvalue weighted by molar-refractivity contribution is -0.157. The first-order valence-corrected chi connectivity index (χ1v) is 11.4. The van der Waals surface area contributed by atoms with Crippen LogP contribution in [0.15, 0.2) is 47.6 Å². The monoisotopic (exact) mass is 484 g/mol. The number of rotatable bonds is 9. The topological polar surface area (TPSA) is 111 Å². The minimum Gasteiger partial charge on any atom is -0.460 e. The van der Waals surface area contributed by atoms with E-state index in [0.29, 0.717) is 5.56 Å². The summed E-state index contributed by atoms with van der Waals surface area (Å²) >= 11 is 0. The zero-order valence-electron chi connectivity index (χ0n) is 20.2. The van der Waals surface area contributed by atoms with Crippen LogP contribution in [0.1, 0.15) is 57.3 Å². The van der Waals surface area contributed by atoms with Crippen molar-refractivity contribution in [2.45, 2.75) is 64.2 Å². The summed E-state index contributed by atoms with van der Waals surface area (Å²) in [5.74, 6) is -2.87. The third kappa shape index (κ3) is 5.90. The van der Waals surface area contributed by atoms with E-state index in [4.69, 9.17) is 9.57 Å². The lowest BCUT2D eigenvalue weighted by Crippen LogP contribution is -2.53. The van der Waals surface area contributed by atoms with Gasteiger partial charge in [0.1, 0.15) is 24.0 Å². The van der Waals surface area contributed by atoms with Crippen LogP contribution < -0.4 is 5.32 Å². The molecule has 1 amide bonds. The lowest BCUT2D eigenvalue weighted by Gasteiger charge is -2.27. The van der Waals surface area contributed by atoms with E-state index in [1.807, 2.05) is 30.3 Å². The van der Waals surface area contributed by atoms with Gasteiger partial charge in [0.25, 0.3) is 5.91 Å². The molecule has 0 saturated carbocycles. The van der Waals surface area contributed by atoms with Gasteiger partial charge in [0.05, 0.1) is 6.42 Å². The number of carbonyl (C=O) groups is 4. The van der Waals surface area contributed by atoms with Crippen molar-refractivity contribution >= 4 is 39.9 Å². The second-order valence-corrected chi connectivity index (χ2v) is 9.43. The van der Waals surface area contributed by atoms with E-state index >= 15 is 0 Å². The second kappa shape index (κ2) is 10.3. The number of ether oxygens (including phenoxy) is 1. The van der Waals surface area contributed by atoms with Crippen LogP contribution >= 0.6 is 0 Å². The molecule has 2 aromatic carbocycles. The van der Waals surface area contributed by atoms with E-state index in [9.17, 15) is 23.6 Å². The van der Waals surface area contributed by atoms with Gasteiger partial charge in [-0.2, -0.15) is 0 Å². The van der Waals surface area contributed by atoms with Crippen molar-refractivity contribution in [2.24, 2.45) is 5.16 Å². The Morgan fingerprint density at radius 3 is 2.49 bits per heavy atom. The summed E-state index contributed by atoms with van der Waals surface area (Å²) in [5, 5.41) is 7.93. The predicted octanol–water partition coefficient (Wildman–Crippen LogP) is 3.70. The van der Waals surface area contributed by atoms with Crippen molar-refractivity contribution in [3.63, 3.8) is 0 Å². The third-order valence-corrected chi connectivity index (χ3v) is 5.68. The Morgan fingerprint density at radius 2 is 1.83 bits per heavy atom. The Balaban J connectivity index is 1.77. The van der Waals surface area contributed by atoms with E-state index in [1.54, 1.807) is 39.8 Å². The maximum absolute atomic E-state index is 13.2. The number of halogens is 1. The number of carbonyl (C=O) groups excluding carboxylic acids is 4. The van der Waals surface area contributed by atoms with E-state index in [0.717, 1.165) is 10.8 Å². The summed E-state index contributed by atoms with van der Waals surface area (Å²) in [6.45, 7) is 5.26. The normalized spacial score (nSPS) is 18.4. The summed E-state index contributed by atoms with van der Waals surface area (Å²) in [6.07, 6.45) is -0.549. The van der Waals surface area contributed by atoms with E-state index in [2.05, 4.69) is 10.5 Å². The molecule has 0 bridgehead atoms. The Morgan fingerprint density at radius 1 is 1.14 bits per heavy atom. The van der Waals surface area contributed by atoms with Crippen molar-refractivity contribution in [1.82, 2.24) is 5.32 Å². The number of benzene rings is 2. The van der Waals surface area contributed by atoms with E-state index in [1.165, 1.54) is 0 Å². The fourth-order valence-corrected chi connectivity index (χ4v) is 3.83. The van der Waals surface area contributed by atoms with Gasteiger partial charge in [-0.05, 0) is 38.0 Å². The Bertz CT molecular complexity index is 1180. The zero-order valence-corrected chi connectivity index (χ0v) is 20.2. The van der Waals surface area contributed by atoms with Crippen LogP contribution in [0, 0.1) is 0 Å². The van der Waals surface area contributed by atoms with Crippen LogP contribution in [0.3, 0.4) is 0 Å². The van der Waals surface area contributed by atoms with Crippen molar-refractivity contribution in [3.8, 4) is 0 Å². The number of hydrogen-bond donors (Lipinski definition) is 1. The van der Waals surface area contributed by atoms with Crippen LogP contribution in [0.2, 0.25) is 0 Å². The number of amides is 1. The largest absolute Gasteiger partial charge is 0.460 e. The van der Waals surface area contributed by atoms with Crippen molar-refractivity contribution < 1.29 is 33.1 Å². The molecule has 1 N–H and O–H groups in total. The first-order valence-electron chi connectivity index (χ1n) is 11.4. The molecule has 2 aromatic rings. The predicted molar refractivity (Wildman–Crippen MR) is 128 cm³/mol. The number of hydrogen-bond acceptors (Lipinski definition) is 7. The van der Waals surface area contributed by atoms with Gasteiger partial charge in [0.2, 0.25) is 11.4 Å².